The monoisotopic (exact) mass is 435 g/mol. The summed E-state index contributed by atoms with van der Waals surface area (Å²) in [4.78, 5) is 13.7. The van der Waals surface area contributed by atoms with Gasteiger partial charge in [0.15, 0.2) is 4.90 Å². The molecule has 0 amide bonds. The van der Waals surface area contributed by atoms with E-state index >= 15 is 0 Å². The first-order chi connectivity index (χ1) is 9.81. The average molecular weight is 437 g/mol. The molecule has 0 saturated carbocycles. The first-order valence-corrected chi connectivity index (χ1v) is 8.45. The summed E-state index contributed by atoms with van der Waals surface area (Å²) in [7, 11) is -4.13. The number of hydrogen-bond donors (Lipinski definition) is 1. The van der Waals surface area contributed by atoms with E-state index < -0.39 is 25.5 Å². The molecule has 0 unspecified atom stereocenters. The molecular formula is C11H7Br2N3O4S. The summed E-state index contributed by atoms with van der Waals surface area (Å²) in [6.07, 6.45) is 1.48. The van der Waals surface area contributed by atoms with Crippen molar-refractivity contribution in [3.05, 3.63) is 55.7 Å². The number of benzene rings is 1. The van der Waals surface area contributed by atoms with Crippen LogP contribution < -0.4 is 4.72 Å². The highest BCUT2D eigenvalue weighted by atomic mass is 79.9. The molecule has 0 aliphatic carbocycles. The number of nitro groups is 1. The Morgan fingerprint density at radius 2 is 1.95 bits per heavy atom. The van der Waals surface area contributed by atoms with Gasteiger partial charge >= 0.3 is 0 Å². The summed E-state index contributed by atoms with van der Waals surface area (Å²) in [6, 6.07) is 6.72. The summed E-state index contributed by atoms with van der Waals surface area (Å²) in [5.74, 6) is 0. The molecule has 0 atom stereocenters. The van der Waals surface area contributed by atoms with E-state index in [1.165, 1.54) is 30.5 Å². The summed E-state index contributed by atoms with van der Waals surface area (Å²) >= 11 is 6.20. The fourth-order valence-electron chi connectivity index (χ4n) is 1.52. The molecule has 7 nitrogen and oxygen atoms in total. The van der Waals surface area contributed by atoms with Crippen molar-refractivity contribution in [2.24, 2.45) is 0 Å². The molecule has 110 valence electrons. The standard InChI is InChI=1S/C11H7Br2N3O4S/c12-7-3-4-9(16(17)18)10(6-7)21(19,20)15-8-2-1-5-14-11(8)13/h1-6,15H. The maximum atomic E-state index is 12.3. The predicted octanol–water partition coefficient (Wildman–Crippen LogP) is 3.32. The number of sulfonamides is 1. The van der Waals surface area contributed by atoms with Crippen molar-refractivity contribution in [1.29, 1.82) is 0 Å². The first-order valence-electron chi connectivity index (χ1n) is 5.38. The van der Waals surface area contributed by atoms with Gasteiger partial charge in [0.25, 0.3) is 15.7 Å². The zero-order valence-electron chi connectivity index (χ0n) is 10.2. The molecule has 1 heterocycles. The van der Waals surface area contributed by atoms with Crippen LogP contribution in [0.5, 0.6) is 0 Å². The van der Waals surface area contributed by atoms with Gasteiger partial charge in [-0.1, -0.05) is 15.9 Å². The smallest absolute Gasteiger partial charge is 0.277 e. The van der Waals surface area contributed by atoms with Gasteiger partial charge in [-0.25, -0.2) is 13.4 Å². The van der Waals surface area contributed by atoms with E-state index in [1.807, 2.05) is 0 Å². The number of nitrogens with zero attached hydrogens (tertiary/aromatic N) is 2. The van der Waals surface area contributed by atoms with Gasteiger partial charge in [0.1, 0.15) is 4.60 Å². The van der Waals surface area contributed by atoms with Crippen LogP contribution in [0.4, 0.5) is 11.4 Å². The predicted molar refractivity (Wildman–Crippen MR) is 83.5 cm³/mol. The molecule has 1 aromatic carbocycles. The van der Waals surface area contributed by atoms with E-state index in [0.717, 1.165) is 6.07 Å². The lowest BCUT2D eigenvalue weighted by Crippen LogP contribution is -2.15. The van der Waals surface area contributed by atoms with Crippen LogP contribution in [0.15, 0.2) is 50.5 Å². The van der Waals surface area contributed by atoms with E-state index in [2.05, 4.69) is 41.6 Å². The lowest BCUT2D eigenvalue weighted by atomic mass is 10.3. The van der Waals surface area contributed by atoms with Gasteiger partial charge < -0.3 is 0 Å². The largest absolute Gasteiger partial charge is 0.289 e. The Hall–Kier alpha value is -1.52. The number of anilines is 1. The Bertz CT molecular complexity index is 811. The Labute approximate surface area is 136 Å². The minimum atomic E-state index is -4.13. The zero-order valence-corrected chi connectivity index (χ0v) is 14.1. The Kier molecular flexibility index (Phi) is 4.59. The fourth-order valence-corrected chi connectivity index (χ4v) is 3.77. The lowest BCUT2D eigenvalue weighted by Gasteiger charge is -2.09. The molecule has 10 heteroatoms. The third kappa shape index (κ3) is 3.57. The number of halogens is 2. The molecule has 21 heavy (non-hydrogen) atoms. The summed E-state index contributed by atoms with van der Waals surface area (Å²) in [5, 5.41) is 11.0. The minimum Gasteiger partial charge on any atom is -0.277 e. The Morgan fingerprint density at radius 1 is 1.24 bits per heavy atom. The van der Waals surface area contributed by atoms with E-state index in [-0.39, 0.29) is 10.3 Å². The van der Waals surface area contributed by atoms with Crippen molar-refractivity contribution in [2.75, 3.05) is 4.72 Å². The normalized spacial score (nSPS) is 11.1. The van der Waals surface area contributed by atoms with Crippen LogP contribution in [-0.4, -0.2) is 18.3 Å². The number of rotatable bonds is 4. The second-order valence-electron chi connectivity index (χ2n) is 3.82. The minimum absolute atomic E-state index is 0.187. The van der Waals surface area contributed by atoms with Crippen LogP contribution in [0.3, 0.4) is 0 Å². The maximum absolute atomic E-state index is 12.3. The van der Waals surface area contributed by atoms with Gasteiger partial charge in [0.2, 0.25) is 0 Å². The molecular weight excluding hydrogens is 430 g/mol. The Morgan fingerprint density at radius 3 is 2.57 bits per heavy atom. The van der Waals surface area contributed by atoms with Crippen LogP contribution in [0.1, 0.15) is 0 Å². The molecule has 0 aliphatic rings. The topological polar surface area (TPSA) is 102 Å². The van der Waals surface area contributed by atoms with Crippen LogP contribution in [0, 0.1) is 10.1 Å². The first kappa shape index (κ1) is 15.9. The zero-order chi connectivity index (χ0) is 15.6. The molecule has 0 fully saturated rings. The van der Waals surface area contributed by atoms with E-state index in [4.69, 9.17) is 0 Å². The average Bonchev–Trinajstić information content (AvgIpc) is 2.41. The molecule has 0 radical (unpaired) electrons. The van der Waals surface area contributed by atoms with Crippen LogP contribution in [-0.2, 0) is 10.0 Å². The molecule has 1 aromatic heterocycles. The highest BCUT2D eigenvalue weighted by Gasteiger charge is 2.26. The molecule has 2 rings (SSSR count). The lowest BCUT2D eigenvalue weighted by molar-refractivity contribution is -0.387. The second-order valence-corrected chi connectivity index (χ2v) is 7.13. The van der Waals surface area contributed by atoms with Crippen molar-refractivity contribution in [2.45, 2.75) is 4.90 Å². The van der Waals surface area contributed by atoms with Gasteiger partial charge in [-0.3, -0.25) is 14.8 Å². The Balaban J connectivity index is 2.52. The number of pyridine rings is 1. The van der Waals surface area contributed by atoms with Crippen molar-refractivity contribution in [1.82, 2.24) is 4.98 Å². The van der Waals surface area contributed by atoms with E-state index in [1.54, 1.807) is 0 Å². The van der Waals surface area contributed by atoms with Gasteiger partial charge in [0, 0.05) is 16.7 Å². The van der Waals surface area contributed by atoms with Crippen molar-refractivity contribution < 1.29 is 13.3 Å². The summed E-state index contributed by atoms with van der Waals surface area (Å²) in [5.41, 5.74) is -0.322. The number of hydrogen-bond acceptors (Lipinski definition) is 5. The number of nitrogens with one attached hydrogen (secondary N) is 1. The third-order valence-corrected chi connectivity index (χ3v) is 4.93. The van der Waals surface area contributed by atoms with Gasteiger partial charge in [-0.15, -0.1) is 0 Å². The van der Waals surface area contributed by atoms with Crippen molar-refractivity contribution >= 4 is 53.3 Å². The molecule has 0 saturated heterocycles. The fraction of sp³-hybridized carbons (Fsp3) is 0. The third-order valence-electron chi connectivity index (χ3n) is 2.41. The van der Waals surface area contributed by atoms with Gasteiger partial charge in [-0.05, 0) is 40.2 Å². The highest BCUT2D eigenvalue weighted by Crippen LogP contribution is 2.30. The van der Waals surface area contributed by atoms with Crippen molar-refractivity contribution in [3.63, 3.8) is 0 Å². The van der Waals surface area contributed by atoms with Crippen LogP contribution in [0.2, 0.25) is 0 Å². The van der Waals surface area contributed by atoms with Gasteiger partial charge in [0.05, 0.1) is 10.6 Å². The SMILES string of the molecule is O=[N+]([O-])c1ccc(Br)cc1S(=O)(=O)Nc1cccnc1Br. The summed E-state index contributed by atoms with van der Waals surface area (Å²) < 4.78 is 27.7. The van der Waals surface area contributed by atoms with Gasteiger partial charge in [-0.2, -0.15) is 0 Å². The van der Waals surface area contributed by atoms with Crippen LogP contribution >= 0.6 is 31.9 Å². The number of aromatic nitrogens is 1. The molecule has 2 aromatic rings. The summed E-state index contributed by atoms with van der Waals surface area (Å²) in [6.45, 7) is 0. The number of nitro benzene ring substituents is 1. The molecule has 1 N–H and O–H groups in total. The highest BCUT2D eigenvalue weighted by molar-refractivity contribution is 9.10. The second kappa shape index (κ2) is 6.08. The van der Waals surface area contributed by atoms with Crippen molar-refractivity contribution in [3.8, 4) is 0 Å². The van der Waals surface area contributed by atoms with Crippen LogP contribution in [0.25, 0.3) is 0 Å². The maximum Gasteiger partial charge on any atom is 0.289 e. The molecule has 0 bridgehead atoms. The molecule has 0 aliphatic heterocycles. The molecule has 0 spiro atoms. The van der Waals surface area contributed by atoms with E-state index in [9.17, 15) is 18.5 Å². The van der Waals surface area contributed by atoms with E-state index in [0.29, 0.717) is 4.47 Å². The quantitative estimate of drug-likeness (QED) is 0.450.